The molecule has 0 saturated carbocycles. The van der Waals surface area contributed by atoms with Crippen molar-refractivity contribution < 1.29 is 9.63 Å². The van der Waals surface area contributed by atoms with Crippen LogP contribution in [0.4, 0.5) is 0 Å². The molecule has 5 nitrogen and oxygen atoms in total. The molecule has 108 valence electrons. The minimum Gasteiger partial charge on any atom is -0.396 e. The molecule has 1 aliphatic rings. The fourth-order valence-electron chi connectivity index (χ4n) is 2.55. The number of aliphatic hydroxyl groups is 1. The smallest absolute Gasteiger partial charge is 0.232 e. The Morgan fingerprint density at radius 3 is 2.79 bits per heavy atom. The number of hydrogen-bond acceptors (Lipinski definition) is 5. The molecule has 1 saturated heterocycles. The summed E-state index contributed by atoms with van der Waals surface area (Å²) in [5, 5.41) is 13.2. The molecule has 0 amide bonds. The largest absolute Gasteiger partial charge is 0.396 e. The fraction of sp³-hybridized carbons (Fsp3) is 0.857. The Kier molecular flexibility index (Phi) is 4.58. The van der Waals surface area contributed by atoms with Gasteiger partial charge in [0.15, 0.2) is 5.82 Å². The van der Waals surface area contributed by atoms with Crippen molar-refractivity contribution in [3.05, 3.63) is 11.7 Å². The Morgan fingerprint density at radius 1 is 1.37 bits per heavy atom. The maximum Gasteiger partial charge on any atom is 0.232 e. The first-order chi connectivity index (χ1) is 9.00. The summed E-state index contributed by atoms with van der Waals surface area (Å²) in [6, 6.07) is 0.454. The summed E-state index contributed by atoms with van der Waals surface area (Å²) in [5.41, 5.74) is -0.0996. The minimum atomic E-state index is -0.0996. The average Bonchev–Trinajstić information content (AvgIpc) is 2.80. The van der Waals surface area contributed by atoms with Crippen molar-refractivity contribution in [3.8, 4) is 0 Å². The van der Waals surface area contributed by atoms with Gasteiger partial charge >= 0.3 is 0 Å². The summed E-state index contributed by atoms with van der Waals surface area (Å²) in [4.78, 5) is 6.86. The van der Waals surface area contributed by atoms with Crippen LogP contribution in [-0.2, 0) is 12.0 Å². The van der Waals surface area contributed by atoms with Gasteiger partial charge in [-0.25, -0.2) is 0 Å². The highest BCUT2D eigenvalue weighted by Gasteiger charge is 2.26. The predicted molar refractivity (Wildman–Crippen MR) is 72.7 cm³/mol. The third-order valence-electron chi connectivity index (χ3n) is 3.67. The fourth-order valence-corrected chi connectivity index (χ4v) is 2.55. The lowest BCUT2D eigenvalue weighted by Crippen LogP contribution is -2.39. The molecule has 0 aliphatic carbocycles. The van der Waals surface area contributed by atoms with Gasteiger partial charge in [0.1, 0.15) is 0 Å². The van der Waals surface area contributed by atoms with Gasteiger partial charge in [0.05, 0.1) is 6.54 Å². The van der Waals surface area contributed by atoms with E-state index in [9.17, 15) is 0 Å². The number of hydrogen-bond donors (Lipinski definition) is 1. The Hall–Kier alpha value is -0.940. The molecular weight excluding hydrogens is 242 g/mol. The third kappa shape index (κ3) is 3.76. The molecule has 1 atom stereocenters. The van der Waals surface area contributed by atoms with Crippen LogP contribution in [-0.4, -0.2) is 39.3 Å². The van der Waals surface area contributed by atoms with Crippen LogP contribution >= 0.6 is 0 Å². The van der Waals surface area contributed by atoms with E-state index in [1.54, 1.807) is 0 Å². The van der Waals surface area contributed by atoms with Gasteiger partial charge < -0.3 is 9.63 Å². The van der Waals surface area contributed by atoms with E-state index in [2.05, 4.69) is 35.8 Å². The molecule has 2 heterocycles. The van der Waals surface area contributed by atoms with E-state index in [0.29, 0.717) is 11.9 Å². The summed E-state index contributed by atoms with van der Waals surface area (Å²) < 4.78 is 5.33. The van der Waals surface area contributed by atoms with Crippen LogP contribution < -0.4 is 0 Å². The Bertz CT molecular complexity index is 396. The molecule has 1 N–H and O–H groups in total. The molecule has 1 aliphatic heterocycles. The number of piperidine rings is 1. The second kappa shape index (κ2) is 6.01. The first-order valence-corrected chi connectivity index (χ1v) is 7.18. The second-order valence-electron chi connectivity index (χ2n) is 6.40. The first kappa shape index (κ1) is 14.5. The molecular formula is C14H25N3O2. The molecule has 1 fully saturated rings. The quantitative estimate of drug-likeness (QED) is 0.905. The van der Waals surface area contributed by atoms with Crippen molar-refractivity contribution in [2.75, 3.05) is 13.2 Å². The van der Waals surface area contributed by atoms with Gasteiger partial charge in [-0.3, -0.25) is 4.90 Å². The zero-order valence-electron chi connectivity index (χ0n) is 12.2. The van der Waals surface area contributed by atoms with Gasteiger partial charge in [-0.05, 0) is 25.8 Å². The number of rotatable bonds is 4. The predicted octanol–water partition coefficient (Wildman–Crippen LogP) is 2.10. The first-order valence-electron chi connectivity index (χ1n) is 7.18. The standard InChI is InChI=1S/C14H25N3O2/c1-14(2,3)13-15-12(16-19-13)10-17-8-5-4-6-11(17)7-9-18/h11,18H,4-10H2,1-3H3. The minimum absolute atomic E-state index is 0.0996. The summed E-state index contributed by atoms with van der Waals surface area (Å²) in [6.45, 7) is 8.24. The average molecular weight is 267 g/mol. The third-order valence-corrected chi connectivity index (χ3v) is 3.67. The lowest BCUT2D eigenvalue weighted by atomic mass is 9.97. The van der Waals surface area contributed by atoms with Gasteiger partial charge in [0.25, 0.3) is 0 Å². The Morgan fingerprint density at radius 2 is 2.16 bits per heavy atom. The Balaban J connectivity index is 2.00. The van der Waals surface area contributed by atoms with Gasteiger partial charge in [0.2, 0.25) is 5.89 Å². The van der Waals surface area contributed by atoms with Gasteiger partial charge in [-0.15, -0.1) is 0 Å². The topological polar surface area (TPSA) is 62.4 Å². The highest BCUT2D eigenvalue weighted by atomic mass is 16.5. The highest BCUT2D eigenvalue weighted by molar-refractivity contribution is 4.98. The van der Waals surface area contributed by atoms with Crippen LogP contribution in [0.3, 0.4) is 0 Å². The molecule has 0 radical (unpaired) electrons. The van der Waals surface area contributed by atoms with Crippen molar-refractivity contribution in [2.24, 2.45) is 0 Å². The van der Waals surface area contributed by atoms with Crippen LogP contribution in [0.2, 0.25) is 0 Å². The van der Waals surface area contributed by atoms with Crippen molar-refractivity contribution in [3.63, 3.8) is 0 Å². The maximum atomic E-state index is 9.14. The van der Waals surface area contributed by atoms with E-state index >= 15 is 0 Å². The lowest BCUT2D eigenvalue weighted by Gasteiger charge is -2.34. The van der Waals surface area contributed by atoms with Crippen molar-refractivity contribution in [1.29, 1.82) is 0 Å². The van der Waals surface area contributed by atoms with Crippen molar-refractivity contribution >= 4 is 0 Å². The lowest BCUT2D eigenvalue weighted by molar-refractivity contribution is 0.109. The summed E-state index contributed by atoms with van der Waals surface area (Å²) in [7, 11) is 0. The molecule has 19 heavy (non-hydrogen) atoms. The normalized spacial score (nSPS) is 21.8. The SMILES string of the molecule is CC(C)(C)c1nc(CN2CCCCC2CCO)no1. The van der Waals surface area contributed by atoms with E-state index in [1.165, 1.54) is 12.8 Å². The maximum absolute atomic E-state index is 9.14. The molecule has 5 heteroatoms. The number of aliphatic hydroxyl groups excluding tert-OH is 1. The number of aromatic nitrogens is 2. The van der Waals surface area contributed by atoms with E-state index in [0.717, 1.165) is 31.8 Å². The van der Waals surface area contributed by atoms with Crippen molar-refractivity contribution in [1.82, 2.24) is 15.0 Å². The molecule has 1 unspecified atom stereocenters. The highest BCUT2D eigenvalue weighted by Crippen LogP contribution is 2.23. The molecule has 2 rings (SSSR count). The molecule has 0 spiro atoms. The van der Waals surface area contributed by atoms with Gasteiger partial charge in [0, 0.05) is 18.1 Å². The monoisotopic (exact) mass is 267 g/mol. The van der Waals surface area contributed by atoms with Crippen LogP contribution in [0.25, 0.3) is 0 Å². The number of nitrogens with zero attached hydrogens (tertiary/aromatic N) is 3. The van der Waals surface area contributed by atoms with E-state index < -0.39 is 0 Å². The zero-order chi connectivity index (χ0) is 13.9. The summed E-state index contributed by atoms with van der Waals surface area (Å²) >= 11 is 0. The molecule has 0 bridgehead atoms. The summed E-state index contributed by atoms with van der Waals surface area (Å²) in [6.07, 6.45) is 4.46. The molecule has 0 aromatic carbocycles. The second-order valence-corrected chi connectivity index (χ2v) is 6.40. The summed E-state index contributed by atoms with van der Waals surface area (Å²) in [5.74, 6) is 1.45. The van der Waals surface area contributed by atoms with Crippen molar-refractivity contribution in [2.45, 2.75) is 64.5 Å². The van der Waals surface area contributed by atoms with E-state index in [4.69, 9.17) is 9.63 Å². The van der Waals surface area contributed by atoms with Gasteiger partial charge in [-0.2, -0.15) is 4.98 Å². The number of likely N-dealkylation sites (tertiary alicyclic amines) is 1. The molecule has 1 aromatic rings. The van der Waals surface area contributed by atoms with Crippen LogP contribution in [0.15, 0.2) is 4.52 Å². The zero-order valence-corrected chi connectivity index (χ0v) is 12.2. The van der Waals surface area contributed by atoms with Gasteiger partial charge in [-0.1, -0.05) is 32.3 Å². The van der Waals surface area contributed by atoms with Crippen LogP contribution in [0.1, 0.15) is 58.2 Å². The molecule has 1 aromatic heterocycles. The van der Waals surface area contributed by atoms with E-state index in [1.807, 2.05) is 0 Å². The van der Waals surface area contributed by atoms with E-state index in [-0.39, 0.29) is 12.0 Å². The van der Waals surface area contributed by atoms with Crippen LogP contribution in [0.5, 0.6) is 0 Å². The van der Waals surface area contributed by atoms with Crippen LogP contribution in [0, 0.1) is 0 Å². The Labute approximate surface area is 115 Å².